The van der Waals surface area contributed by atoms with Gasteiger partial charge in [0.05, 0.1) is 50.9 Å². The van der Waals surface area contributed by atoms with Crippen LogP contribution in [0.3, 0.4) is 0 Å². The number of aryl methyl sites for hydroxylation is 4. The fraction of sp³-hybridized carbons (Fsp3) is 0.387. The number of nitrogens with zero attached hydrogens (tertiary/aromatic N) is 8. The maximum absolute atomic E-state index is 3.95. The Balaban J connectivity index is 0.879. The van der Waals surface area contributed by atoms with Crippen molar-refractivity contribution in [2.75, 3.05) is 39.2 Å². The topological polar surface area (TPSA) is 25.9 Å². The predicted octanol–water partition coefficient (Wildman–Crippen LogP) is 39.1. The summed E-state index contributed by atoms with van der Waals surface area (Å²) in [5, 5.41) is 0. The Labute approximate surface area is 876 Å². The van der Waals surface area contributed by atoms with Gasteiger partial charge in [-0.05, 0) is 327 Å². The van der Waals surface area contributed by atoms with Gasteiger partial charge in [0.25, 0.3) is 0 Å². The van der Waals surface area contributed by atoms with Crippen molar-refractivity contribution < 1.29 is 0 Å². The van der Waals surface area contributed by atoms with Crippen molar-refractivity contribution in [1.29, 1.82) is 0 Å². The molecule has 4 heterocycles. The fourth-order valence-electron chi connectivity index (χ4n) is 22.9. The highest BCUT2D eigenvalue weighted by molar-refractivity contribution is 5.86. The van der Waals surface area contributed by atoms with Crippen LogP contribution in [0.5, 0.6) is 0 Å². The van der Waals surface area contributed by atoms with E-state index in [0.717, 1.165) is 0 Å². The van der Waals surface area contributed by atoms with Crippen molar-refractivity contribution in [3.8, 4) is 44.5 Å². The molecule has 8 radical (unpaired) electrons. The second-order valence-electron chi connectivity index (χ2n) is 47.3. The molecule has 12 aromatic carbocycles. The van der Waals surface area contributed by atoms with Crippen LogP contribution in [0.2, 0.25) is 0 Å². The Kier molecular flexibility index (Phi) is 31.2. The van der Waals surface area contributed by atoms with Crippen molar-refractivity contribution in [3.63, 3.8) is 0 Å². The van der Waals surface area contributed by atoms with Gasteiger partial charge in [-0.15, -0.1) is 0 Å². The van der Waals surface area contributed by atoms with E-state index < -0.39 is 5.41 Å². The lowest BCUT2D eigenvalue weighted by Crippen LogP contribution is -2.31. The van der Waals surface area contributed by atoms with Gasteiger partial charge in [0.2, 0.25) is 26.7 Å². The van der Waals surface area contributed by atoms with E-state index in [1.807, 2.05) is 0 Å². The van der Waals surface area contributed by atoms with Crippen molar-refractivity contribution in [1.82, 2.24) is 0 Å². The van der Waals surface area contributed by atoms with Gasteiger partial charge >= 0.3 is 0 Å². The zero-order valence-corrected chi connectivity index (χ0v) is 94.4. The lowest BCUT2D eigenvalue weighted by Gasteiger charge is -2.37. The smallest absolute Gasteiger partial charge is 0.217 e. The molecule has 0 unspecified atom stereocenters. The third-order valence-corrected chi connectivity index (χ3v) is 30.7. The highest BCUT2D eigenvalue weighted by Gasteiger charge is 2.42. The molecule has 0 N–H and O–H groups in total. The molecule has 8 heteroatoms. The average molecular weight is 1920 g/mol. The van der Waals surface area contributed by atoms with Crippen LogP contribution in [0.1, 0.15) is 450 Å². The summed E-state index contributed by atoms with van der Waals surface area (Å²) in [6.45, 7) is 99.6. The molecule has 0 saturated carbocycles. The summed E-state index contributed by atoms with van der Waals surface area (Å²) in [5.41, 5.74) is 49.2. The van der Waals surface area contributed by atoms with Crippen LogP contribution in [-0.4, -0.2) is 0 Å². The van der Waals surface area contributed by atoms with Gasteiger partial charge in [-0.1, -0.05) is 389 Å². The van der Waals surface area contributed by atoms with Crippen molar-refractivity contribution in [3.05, 3.63) is 404 Å². The number of rotatable bonds is 32. The number of hydrogen-bond donors (Lipinski definition) is 0. The molecule has 0 spiro atoms. The van der Waals surface area contributed by atoms with E-state index in [0.29, 0.717) is 47.3 Å². The maximum atomic E-state index is 3.95. The van der Waals surface area contributed by atoms with E-state index in [-0.39, 0.29) is 47.3 Å². The first kappa shape index (κ1) is 106. The molecule has 0 bridgehead atoms. The first-order valence-electron chi connectivity index (χ1n) is 54.6. The molecule has 145 heavy (non-hydrogen) atoms. The van der Waals surface area contributed by atoms with E-state index >= 15 is 0 Å². The number of benzene rings is 12. The van der Waals surface area contributed by atoms with E-state index in [4.69, 9.17) is 0 Å². The second-order valence-corrected chi connectivity index (χ2v) is 47.3. The summed E-state index contributed by atoms with van der Waals surface area (Å²) in [7, 11) is 0. The third-order valence-electron chi connectivity index (χ3n) is 30.7. The standard InChI is InChI=1S/C137H164N8/c1-81(2)113-61-97(33)62-114(82(3)4)129(113)138-53-57-142(77-138)133-121(89(17)18)69-105(70-122(133)90(19)20)101-37-45-109(46-38-101)137(110-47-39-102(40-48-110)106-71-123(91(21)22)134(124(72-106)92(23)24)143-58-54-139(78-143)130-115(83(5)6)63-98(34)64-116(130)84(7)8,111-49-41-103(42-50-111)107-73-125(93(25)26)135(126(74-107)94(27)28)144-59-55-140(79-144)131-117(85(9)10)65-99(35)66-118(131)86(11)12)112-51-43-104(44-52-112)108-75-127(95(29)30)136(128(76-108)96(31)32)145-60-56-141(80-145)132-119(87(13)14)67-100(36)68-120(132)88(15)16/h37-76,81-96H,1-36H3. The molecule has 12 aromatic rings. The molecule has 4 aliphatic heterocycles. The molecule has 0 amide bonds. The third kappa shape index (κ3) is 20.7. The van der Waals surface area contributed by atoms with Crippen molar-refractivity contribution in [2.24, 2.45) is 0 Å². The normalized spacial score (nSPS) is 14.3. The lowest BCUT2D eigenvalue weighted by atomic mass is 9.64. The summed E-state index contributed by atoms with van der Waals surface area (Å²) in [6.07, 6.45) is 17.9. The van der Waals surface area contributed by atoms with Gasteiger partial charge in [-0.3, -0.25) is 0 Å². The Hall–Kier alpha value is -12.0. The van der Waals surface area contributed by atoms with E-state index in [1.165, 1.54) is 224 Å². The Morgan fingerprint density at radius 2 is 0.248 bits per heavy atom. The first-order valence-corrected chi connectivity index (χ1v) is 54.6. The van der Waals surface area contributed by atoms with E-state index in [1.54, 1.807) is 0 Å². The highest BCUT2D eigenvalue weighted by atomic mass is 15.4. The quantitative estimate of drug-likeness (QED) is 0.0385. The van der Waals surface area contributed by atoms with E-state index in [2.05, 4.69) is 559 Å². The van der Waals surface area contributed by atoms with Gasteiger partial charge in [0.15, 0.2) is 0 Å². The lowest BCUT2D eigenvalue weighted by molar-refractivity contribution is 0.745. The van der Waals surface area contributed by atoms with Gasteiger partial charge in [0, 0.05) is 49.6 Å². The highest BCUT2D eigenvalue weighted by Crippen LogP contribution is 2.55. The molecule has 8 nitrogen and oxygen atoms in total. The molecular weight excluding hydrogens is 1760 g/mol. The second kappa shape index (κ2) is 42.8. The summed E-state index contributed by atoms with van der Waals surface area (Å²) < 4.78 is 0. The number of hydrogen-bond acceptors (Lipinski definition) is 8. The van der Waals surface area contributed by atoms with Crippen LogP contribution < -0.4 is 39.2 Å². The summed E-state index contributed by atoms with van der Waals surface area (Å²) in [6, 6.07) is 78.0. The largest absolute Gasteiger partial charge is 0.315 e. The summed E-state index contributed by atoms with van der Waals surface area (Å²) >= 11 is 0. The summed E-state index contributed by atoms with van der Waals surface area (Å²) in [4.78, 5) is 18.3. The van der Waals surface area contributed by atoms with E-state index in [9.17, 15) is 0 Å². The number of anilines is 8. The SMILES string of the molecule is Cc1cc(C(C)C)c(N2[C]N(c3c(C(C)C)cc(-c4ccc(C(c5ccc(-c6cc(C(C)C)c(N7[C]N(c8c(C(C)C)cc(C)cc8C(C)C)C=C7)c(C(C)C)c6)cc5)(c5ccc(-c6cc(C(C)C)c(N7[C]N(c8c(C(C)C)cc(C)cc8C(C)C)C=C7)c(C(C)C)c6)cc5)c5ccc(-c6cc(C(C)C)c(N7[C]N(c8c(C(C)C)cc(C)cc8C(C)C)C=C7)c(C(C)C)c6)cc5)cc4)cc3C(C)C)C=C2)c(C(C)C)c1. The Morgan fingerprint density at radius 3 is 0.352 bits per heavy atom. The molecule has 752 valence electrons. The minimum atomic E-state index is -0.903. The van der Waals surface area contributed by atoms with Gasteiger partial charge < -0.3 is 39.2 Å². The predicted molar refractivity (Wildman–Crippen MR) is 626 cm³/mol. The fourth-order valence-corrected chi connectivity index (χ4v) is 22.9. The average Bonchev–Trinajstić information content (AvgIpc) is 1.49. The zero-order chi connectivity index (χ0) is 105. The van der Waals surface area contributed by atoms with Crippen LogP contribution >= 0.6 is 0 Å². The van der Waals surface area contributed by atoms with Gasteiger partial charge in [-0.2, -0.15) is 0 Å². The monoisotopic (exact) mass is 1920 g/mol. The Morgan fingerprint density at radius 1 is 0.145 bits per heavy atom. The van der Waals surface area contributed by atoms with Crippen molar-refractivity contribution >= 4 is 45.5 Å². The molecule has 0 aliphatic carbocycles. The zero-order valence-electron chi connectivity index (χ0n) is 94.4. The molecule has 0 atom stereocenters. The van der Waals surface area contributed by atoms with Crippen molar-refractivity contribution in [2.45, 2.75) is 349 Å². The van der Waals surface area contributed by atoms with Crippen LogP contribution in [0.25, 0.3) is 44.5 Å². The molecule has 4 aliphatic rings. The molecule has 0 saturated heterocycles. The van der Waals surface area contributed by atoms with Crippen LogP contribution in [0.4, 0.5) is 45.5 Å². The molecule has 0 fully saturated rings. The minimum absolute atomic E-state index is 0.197. The van der Waals surface area contributed by atoms with Crippen LogP contribution in [0, 0.1) is 54.4 Å². The summed E-state index contributed by atoms with van der Waals surface area (Å²) in [5.74, 6) is 4.25. The van der Waals surface area contributed by atoms with Gasteiger partial charge in [0.1, 0.15) is 0 Å². The van der Waals surface area contributed by atoms with Crippen LogP contribution in [0.15, 0.2) is 244 Å². The van der Waals surface area contributed by atoms with Crippen LogP contribution in [-0.2, 0) is 5.41 Å². The van der Waals surface area contributed by atoms with Gasteiger partial charge in [-0.25, -0.2) is 0 Å². The molecule has 0 aromatic heterocycles. The molecule has 16 rings (SSSR count). The first-order chi connectivity index (χ1) is 68.7. The maximum Gasteiger partial charge on any atom is 0.217 e. The minimum Gasteiger partial charge on any atom is -0.315 e. The Bertz CT molecular complexity index is 5780. The molecular formula is C137H164N8.